The van der Waals surface area contributed by atoms with E-state index in [0.29, 0.717) is 0 Å². The summed E-state index contributed by atoms with van der Waals surface area (Å²) in [6, 6.07) is 0. The Morgan fingerprint density at radius 1 is 0.136 bits per heavy atom. The van der Waals surface area contributed by atoms with Crippen molar-refractivity contribution in [2.45, 2.75) is 368 Å². The highest BCUT2D eigenvalue weighted by atomic mass is 14.2. The van der Waals surface area contributed by atoms with Crippen LogP contribution in [0.1, 0.15) is 368 Å². The number of hydrogen-bond donors (Lipinski definition) is 0. The third-order valence-electron chi connectivity index (χ3n) is 14.6. The number of rotatable bonds is 54. The van der Waals surface area contributed by atoms with Crippen molar-refractivity contribution in [1.29, 1.82) is 0 Å². The molecule has 0 bridgehead atoms. The van der Waals surface area contributed by atoms with Gasteiger partial charge in [-0.1, -0.05) is 368 Å². The summed E-state index contributed by atoms with van der Waals surface area (Å²) in [5.74, 6) is 2.07. The van der Waals surface area contributed by atoms with Crippen molar-refractivity contribution < 1.29 is 0 Å². The van der Waals surface area contributed by atoms with Gasteiger partial charge in [0.15, 0.2) is 0 Å². The molecule has 0 aliphatic rings. The van der Waals surface area contributed by atoms with Gasteiger partial charge >= 0.3 is 0 Å². The predicted octanol–water partition coefficient (Wildman–Crippen LogP) is 23.0. The zero-order valence-electron chi connectivity index (χ0n) is 42.6. The molecule has 0 heterocycles. The van der Waals surface area contributed by atoms with Gasteiger partial charge in [0.2, 0.25) is 0 Å². The van der Waals surface area contributed by atoms with Crippen LogP contribution in [0.5, 0.6) is 0 Å². The molecule has 0 aromatic rings. The summed E-state index contributed by atoms with van der Waals surface area (Å²) < 4.78 is 0. The Morgan fingerprint density at radius 3 is 0.356 bits per heavy atom. The van der Waals surface area contributed by atoms with E-state index in [2.05, 4.69) is 27.7 Å². The lowest BCUT2D eigenvalue weighted by Crippen LogP contribution is -2.01. The predicted molar refractivity (Wildman–Crippen MR) is 274 cm³/mol. The highest BCUT2D eigenvalue weighted by molar-refractivity contribution is 4.64. The summed E-state index contributed by atoms with van der Waals surface area (Å²) >= 11 is 0. The van der Waals surface area contributed by atoms with E-state index in [1.807, 2.05) is 0 Å². The molecule has 0 rings (SSSR count). The van der Waals surface area contributed by atoms with Gasteiger partial charge in [0, 0.05) is 0 Å². The van der Waals surface area contributed by atoms with Gasteiger partial charge in [0.1, 0.15) is 0 Å². The van der Waals surface area contributed by atoms with E-state index in [-0.39, 0.29) is 0 Å². The molecule has 0 saturated heterocycles. The first kappa shape index (κ1) is 59.0. The minimum atomic E-state index is 1.04. The molecule has 0 aromatic carbocycles. The van der Waals surface area contributed by atoms with Crippen LogP contribution in [0.15, 0.2) is 0 Å². The Morgan fingerprint density at radius 2 is 0.237 bits per heavy atom. The van der Waals surface area contributed by atoms with Crippen molar-refractivity contribution in [2.75, 3.05) is 0 Å². The van der Waals surface area contributed by atoms with Gasteiger partial charge in [-0.15, -0.1) is 0 Å². The van der Waals surface area contributed by atoms with Crippen LogP contribution in [0, 0.1) is 11.8 Å². The number of hydrogen-bond acceptors (Lipinski definition) is 0. The van der Waals surface area contributed by atoms with Crippen molar-refractivity contribution in [1.82, 2.24) is 0 Å². The second kappa shape index (κ2) is 54.1. The lowest BCUT2D eigenvalue weighted by molar-refractivity contribution is 0.365. The maximum absolute atomic E-state index is 2.34. The van der Waals surface area contributed by atoms with E-state index in [4.69, 9.17) is 0 Å². The van der Waals surface area contributed by atoms with Crippen LogP contribution in [-0.2, 0) is 0 Å². The van der Waals surface area contributed by atoms with Crippen LogP contribution in [0.4, 0.5) is 0 Å². The van der Waals surface area contributed by atoms with Crippen LogP contribution in [0.2, 0.25) is 0 Å². The molecule has 0 fully saturated rings. The van der Waals surface area contributed by atoms with E-state index in [9.17, 15) is 0 Å². The standard InChI is InChI=1S/C59H120/c1-5-9-13-17-21-36-42-48-54-58(52-46-40-19-15-11-7-3)56-50-44-38-34-32-30-28-26-24-23-25-27-29-31-33-35-39-45-51-57-59(53-47-41-20-16-12-8-4)55-49-43-37-22-18-14-10-6-2/h58-59H,5-57H2,1-4H3. The average Bonchev–Trinajstić information content (AvgIpc) is 3.24. The Kier molecular flexibility index (Phi) is 54.1. The Hall–Kier alpha value is 0. The molecule has 0 aliphatic heterocycles. The zero-order valence-corrected chi connectivity index (χ0v) is 42.6. The van der Waals surface area contributed by atoms with Crippen LogP contribution in [0.3, 0.4) is 0 Å². The van der Waals surface area contributed by atoms with Crippen LogP contribution < -0.4 is 0 Å². The Balaban J connectivity index is 3.74. The van der Waals surface area contributed by atoms with Gasteiger partial charge in [0.25, 0.3) is 0 Å². The molecule has 0 N–H and O–H groups in total. The molecule has 356 valence electrons. The van der Waals surface area contributed by atoms with Crippen LogP contribution in [-0.4, -0.2) is 0 Å². The summed E-state index contributed by atoms with van der Waals surface area (Å²) in [5, 5.41) is 0. The molecule has 0 heteroatoms. The van der Waals surface area contributed by atoms with Crippen LogP contribution in [0.25, 0.3) is 0 Å². The Labute approximate surface area is 378 Å². The van der Waals surface area contributed by atoms with Crippen molar-refractivity contribution in [2.24, 2.45) is 11.8 Å². The third kappa shape index (κ3) is 50.5. The minimum Gasteiger partial charge on any atom is -0.0654 e. The van der Waals surface area contributed by atoms with E-state index in [1.165, 1.54) is 340 Å². The number of unbranched alkanes of at least 4 members (excludes halogenated alkanes) is 42. The largest absolute Gasteiger partial charge is 0.0654 e. The molecule has 0 amide bonds. The fraction of sp³-hybridized carbons (Fsp3) is 1.00. The van der Waals surface area contributed by atoms with Gasteiger partial charge in [0.05, 0.1) is 0 Å². The molecule has 2 unspecified atom stereocenters. The second-order valence-corrected chi connectivity index (χ2v) is 20.7. The highest BCUT2D eigenvalue weighted by Crippen LogP contribution is 2.27. The van der Waals surface area contributed by atoms with Crippen molar-refractivity contribution in [3.63, 3.8) is 0 Å². The molecular formula is C59H120. The monoisotopic (exact) mass is 829 g/mol. The highest BCUT2D eigenvalue weighted by Gasteiger charge is 2.10. The summed E-state index contributed by atoms with van der Waals surface area (Å²) in [4.78, 5) is 0. The van der Waals surface area contributed by atoms with E-state index in [1.54, 1.807) is 0 Å². The maximum Gasteiger partial charge on any atom is -0.0414 e. The summed E-state index contributed by atoms with van der Waals surface area (Å²) in [7, 11) is 0. The SMILES string of the molecule is CCCCCCCCCCC(CCCCCCCC)CCCCCCCCCCCCCCCCCCCCCC(CCCCCCCC)CCCCCCCCCC. The maximum atomic E-state index is 2.34. The van der Waals surface area contributed by atoms with Crippen molar-refractivity contribution in [3.05, 3.63) is 0 Å². The first-order chi connectivity index (χ1) is 29.3. The fourth-order valence-electron chi connectivity index (χ4n) is 10.3. The van der Waals surface area contributed by atoms with Crippen molar-refractivity contribution in [3.8, 4) is 0 Å². The quantitative estimate of drug-likeness (QED) is 0.0536. The molecule has 59 heavy (non-hydrogen) atoms. The fourth-order valence-corrected chi connectivity index (χ4v) is 10.3. The van der Waals surface area contributed by atoms with Gasteiger partial charge in [-0.3, -0.25) is 0 Å². The van der Waals surface area contributed by atoms with Crippen molar-refractivity contribution >= 4 is 0 Å². The van der Waals surface area contributed by atoms with E-state index >= 15 is 0 Å². The summed E-state index contributed by atoms with van der Waals surface area (Å²) in [6.07, 6.45) is 78.8. The third-order valence-corrected chi connectivity index (χ3v) is 14.6. The van der Waals surface area contributed by atoms with Crippen LogP contribution >= 0.6 is 0 Å². The molecule has 0 aromatic heterocycles. The topological polar surface area (TPSA) is 0 Å². The Bertz CT molecular complexity index is 636. The molecule has 2 atom stereocenters. The van der Waals surface area contributed by atoms with E-state index in [0.717, 1.165) is 11.8 Å². The molecule has 0 spiro atoms. The lowest BCUT2D eigenvalue weighted by atomic mass is 9.89. The summed E-state index contributed by atoms with van der Waals surface area (Å²) in [5.41, 5.74) is 0. The first-order valence-corrected chi connectivity index (χ1v) is 29.3. The van der Waals surface area contributed by atoms with Gasteiger partial charge in [-0.25, -0.2) is 0 Å². The molecular weight excluding hydrogens is 709 g/mol. The molecule has 0 aliphatic carbocycles. The van der Waals surface area contributed by atoms with Gasteiger partial charge in [-0.2, -0.15) is 0 Å². The summed E-state index contributed by atoms with van der Waals surface area (Å²) in [6.45, 7) is 9.34. The van der Waals surface area contributed by atoms with Gasteiger partial charge < -0.3 is 0 Å². The second-order valence-electron chi connectivity index (χ2n) is 20.7. The first-order valence-electron chi connectivity index (χ1n) is 29.3. The van der Waals surface area contributed by atoms with Gasteiger partial charge in [-0.05, 0) is 11.8 Å². The molecule has 0 saturated carbocycles. The minimum absolute atomic E-state index is 1.04. The van der Waals surface area contributed by atoms with E-state index < -0.39 is 0 Å². The normalized spacial score (nSPS) is 12.8. The molecule has 0 radical (unpaired) electrons. The zero-order chi connectivity index (χ0) is 42.6. The average molecular weight is 830 g/mol. The lowest BCUT2D eigenvalue weighted by Gasteiger charge is -2.17. The molecule has 0 nitrogen and oxygen atoms in total. The smallest absolute Gasteiger partial charge is 0.0414 e.